The first-order valence-corrected chi connectivity index (χ1v) is 9.79. The van der Waals surface area contributed by atoms with Gasteiger partial charge < -0.3 is 10.2 Å². The first-order valence-electron chi connectivity index (χ1n) is 8.91. The molecule has 1 aliphatic rings. The zero-order chi connectivity index (χ0) is 18.0. The van der Waals surface area contributed by atoms with Crippen molar-refractivity contribution >= 4 is 34.7 Å². The van der Waals surface area contributed by atoms with E-state index >= 15 is 0 Å². The highest BCUT2D eigenvalue weighted by Gasteiger charge is 2.33. The minimum Gasteiger partial charge on any atom is -0.355 e. The van der Waals surface area contributed by atoms with Crippen molar-refractivity contribution in [3.63, 3.8) is 0 Å². The van der Waals surface area contributed by atoms with Crippen molar-refractivity contribution in [2.75, 3.05) is 10.2 Å². The van der Waals surface area contributed by atoms with E-state index in [1.54, 1.807) is 11.8 Å². The Morgan fingerprint density at radius 1 is 1.08 bits per heavy atom. The molecule has 1 N–H and O–H groups in total. The molecule has 0 radical (unpaired) electrons. The molecule has 4 heteroatoms. The van der Waals surface area contributed by atoms with Crippen LogP contribution in [0.15, 0.2) is 53.4 Å². The topological polar surface area (TPSA) is 32.3 Å². The summed E-state index contributed by atoms with van der Waals surface area (Å²) < 4.78 is 0. The lowest BCUT2D eigenvalue weighted by Crippen LogP contribution is -2.45. The molecule has 3 rings (SSSR count). The maximum atomic E-state index is 12.8. The molecule has 2 atom stereocenters. The molecular formula is C21H26N2OS. The number of hydrogen-bond acceptors (Lipinski definition) is 3. The number of anilines is 3. The van der Waals surface area contributed by atoms with E-state index in [0.717, 1.165) is 23.5 Å². The van der Waals surface area contributed by atoms with Crippen LogP contribution in [0.3, 0.4) is 0 Å². The van der Waals surface area contributed by atoms with Crippen molar-refractivity contribution in [2.45, 2.75) is 50.3 Å². The number of carbonyl (C=O) groups is 1. The van der Waals surface area contributed by atoms with Gasteiger partial charge >= 0.3 is 0 Å². The van der Waals surface area contributed by atoms with Gasteiger partial charge in [0.15, 0.2) is 0 Å². The van der Waals surface area contributed by atoms with Crippen molar-refractivity contribution in [1.82, 2.24) is 0 Å². The van der Waals surface area contributed by atoms with Crippen LogP contribution in [0.4, 0.5) is 17.1 Å². The largest absolute Gasteiger partial charge is 0.355 e. The molecule has 0 saturated heterocycles. The van der Waals surface area contributed by atoms with Crippen LogP contribution in [0.2, 0.25) is 0 Å². The molecule has 1 heterocycles. The van der Waals surface area contributed by atoms with Crippen molar-refractivity contribution in [2.24, 2.45) is 5.92 Å². The molecular weight excluding hydrogens is 328 g/mol. The van der Waals surface area contributed by atoms with E-state index in [4.69, 9.17) is 0 Å². The molecule has 0 spiro atoms. The lowest BCUT2D eigenvalue weighted by Gasteiger charge is -2.37. The summed E-state index contributed by atoms with van der Waals surface area (Å²) in [6, 6.07) is 16.7. The van der Waals surface area contributed by atoms with Gasteiger partial charge in [-0.15, -0.1) is 11.8 Å². The minimum atomic E-state index is -0.0471. The van der Waals surface area contributed by atoms with Gasteiger partial charge in [0.1, 0.15) is 0 Å². The number of rotatable bonds is 5. The molecule has 2 aromatic carbocycles. The molecule has 0 aromatic heterocycles. The van der Waals surface area contributed by atoms with E-state index < -0.39 is 0 Å². The Bertz CT molecular complexity index is 745. The fourth-order valence-electron chi connectivity index (χ4n) is 3.37. The highest BCUT2D eigenvalue weighted by atomic mass is 32.2. The summed E-state index contributed by atoms with van der Waals surface area (Å²) in [5.41, 5.74) is 3.16. The van der Waals surface area contributed by atoms with Crippen molar-refractivity contribution in [1.29, 1.82) is 0 Å². The fourth-order valence-corrected chi connectivity index (χ4v) is 4.45. The number of fused-ring (bicyclic) bond motifs is 1. The second-order valence-electron chi connectivity index (χ2n) is 7.12. The van der Waals surface area contributed by atoms with Crippen LogP contribution in [0.25, 0.3) is 0 Å². The van der Waals surface area contributed by atoms with Crippen molar-refractivity contribution in [3.8, 4) is 0 Å². The van der Waals surface area contributed by atoms with Crippen LogP contribution >= 0.6 is 11.8 Å². The van der Waals surface area contributed by atoms with Crippen LogP contribution in [-0.2, 0) is 4.79 Å². The molecule has 0 aliphatic carbocycles. The van der Waals surface area contributed by atoms with Gasteiger partial charge in [-0.1, -0.05) is 32.0 Å². The Kier molecular flexibility index (Phi) is 5.38. The van der Waals surface area contributed by atoms with Crippen LogP contribution in [-0.4, -0.2) is 17.2 Å². The summed E-state index contributed by atoms with van der Waals surface area (Å²) in [5, 5.41) is 3.39. The standard InChI is InChI=1S/C21H26N2OS/c1-14(2)12-15(3)23-19-11-10-18(22-17-8-6-5-7-9-17)13-20(19)25-16(4)21(23)24/h5-11,13-16,22H,12H2,1-4H3. The number of nitrogens with one attached hydrogen (secondary N) is 1. The predicted octanol–water partition coefficient (Wildman–Crippen LogP) is 5.69. The van der Waals surface area contributed by atoms with Gasteiger partial charge in [-0.3, -0.25) is 4.79 Å². The number of para-hydroxylation sites is 1. The van der Waals surface area contributed by atoms with Crippen molar-refractivity contribution in [3.05, 3.63) is 48.5 Å². The Balaban J connectivity index is 1.90. The van der Waals surface area contributed by atoms with Gasteiger partial charge in [-0.2, -0.15) is 0 Å². The highest BCUT2D eigenvalue weighted by molar-refractivity contribution is 8.01. The molecule has 1 amide bonds. The zero-order valence-electron chi connectivity index (χ0n) is 15.3. The number of benzene rings is 2. The maximum absolute atomic E-state index is 12.8. The van der Waals surface area contributed by atoms with Crippen LogP contribution in [0.1, 0.15) is 34.1 Å². The molecule has 0 saturated carbocycles. The summed E-state index contributed by atoms with van der Waals surface area (Å²) in [4.78, 5) is 15.9. The van der Waals surface area contributed by atoms with E-state index in [1.807, 2.05) is 30.0 Å². The minimum absolute atomic E-state index is 0.0471. The highest BCUT2D eigenvalue weighted by Crippen LogP contribution is 2.42. The average Bonchev–Trinajstić information content (AvgIpc) is 2.56. The van der Waals surface area contributed by atoms with Crippen molar-refractivity contribution < 1.29 is 4.79 Å². The number of thioether (sulfide) groups is 1. The lowest BCUT2D eigenvalue weighted by molar-refractivity contribution is -0.118. The van der Waals surface area contributed by atoms with Gasteiger partial charge in [0.05, 0.1) is 10.9 Å². The SMILES string of the molecule is CC(C)CC(C)N1C(=O)C(C)Sc2cc(Nc3ccccc3)ccc21. The molecule has 2 aromatic rings. The number of hydrogen-bond donors (Lipinski definition) is 1. The molecule has 2 unspecified atom stereocenters. The third-order valence-electron chi connectivity index (χ3n) is 4.42. The summed E-state index contributed by atoms with van der Waals surface area (Å²) >= 11 is 1.65. The molecule has 1 aliphatic heterocycles. The van der Waals surface area contributed by atoms with Gasteiger partial charge in [0, 0.05) is 22.3 Å². The van der Waals surface area contributed by atoms with E-state index in [0.29, 0.717) is 5.92 Å². The number of amides is 1. The maximum Gasteiger partial charge on any atom is 0.240 e. The second-order valence-corrected chi connectivity index (χ2v) is 8.50. The lowest BCUT2D eigenvalue weighted by atomic mass is 10.0. The number of nitrogens with zero attached hydrogens (tertiary/aromatic N) is 1. The number of carbonyl (C=O) groups excluding carboxylic acids is 1. The first-order chi connectivity index (χ1) is 12.0. The van der Waals surface area contributed by atoms with Crippen LogP contribution < -0.4 is 10.2 Å². The molecule has 3 nitrogen and oxygen atoms in total. The molecule has 0 fully saturated rings. The van der Waals surface area contributed by atoms with Gasteiger partial charge in [-0.25, -0.2) is 0 Å². The molecule has 0 bridgehead atoms. The van der Waals surface area contributed by atoms with E-state index in [9.17, 15) is 4.79 Å². The molecule has 132 valence electrons. The smallest absolute Gasteiger partial charge is 0.240 e. The summed E-state index contributed by atoms with van der Waals surface area (Å²) in [5.74, 6) is 0.782. The second kappa shape index (κ2) is 7.52. The van der Waals surface area contributed by atoms with E-state index in [1.165, 1.54) is 4.90 Å². The third-order valence-corrected chi connectivity index (χ3v) is 5.56. The van der Waals surface area contributed by atoms with Gasteiger partial charge in [0.2, 0.25) is 5.91 Å². The van der Waals surface area contributed by atoms with Crippen LogP contribution in [0, 0.1) is 5.92 Å². The Morgan fingerprint density at radius 2 is 1.80 bits per heavy atom. The zero-order valence-corrected chi connectivity index (χ0v) is 16.1. The molecule has 25 heavy (non-hydrogen) atoms. The Labute approximate surface area is 154 Å². The normalized spacial score (nSPS) is 18.2. The van der Waals surface area contributed by atoms with E-state index in [2.05, 4.69) is 56.4 Å². The van der Waals surface area contributed by atoms with Gasteiger partial charge in [-0.05, 0) is 56.5 Å². The third kappa shape index (κ3) is 4.01. The van der Waals surface area contributed by atoms with Gasteiger partial charge in [0.25, 0.3) is 0 Å². The summed E-state index contributed by atoms with van der Waals surface area (Å²) in [6.07, 6.45) is 1.01. The Morgan fingerprint density at radius 3 is 2.48 bits per heavy atom. The van der Waals surface area contributed by atoms with Crippen LogP contribution in [0.5, 0.6) is 0 Å². The summed E-state index contributed by atoms with van der Waals surface area (Å²) in [6.45, 7) is 8.57. The predicted molar refractivity (Wildman–Crippen MR) is 108 cm³/mol. The fraction of sp³-hybridized carbons (Fsp3) is 0.381. The summed E-state index contributed by atoms with van der Waals surface area (Å²) in [7, 11) is 0. The quantitative estimate of drug-likeness (QED) is 0.748. The van der Waals surface area contributed by atoms with E-state index in [-0.39, 0.29) is 17.2 Å². The Hall–Kier alpha value is -1.94. The monoisotopic (exact) mass is 354 g/mol. The first kappa shape index (κ1) is 17.9. The average molecular weight is 355 g/mol.